The van der Waals surface area contributed by atoms with E-state index >= 15 is 0 Å². The molecular weight excluding hydrogens is 388 g/mol. The van der Waals surface area contributed by atoms with Gasteiger partial charge in [-0.3, -0.25) is 4.90 Å². The van der Waals surface area contributed by atoms with E-state index in [-0.39, 0.29) is 12.1 Å². The maximum Gasteiger partial charge on any atom is 0.410 e. The summed E-state index contributed by atoms with van der Waals surface area (Å²) in [5, 5.41) is 0.998. The van der Waals surface area contributed by atoms with Crippen molar-refractivity contribution in [3.05, 3.63) is 39.9 Å². The molecule has 128 valence electrons. The number of amides is 1. The highest BCUT2D eigenvalue weighted by Crippen LogP contribution is 2.37. The van der Waals surface area contributed by atoms with Crippen molar-refractivity contribution in [2.24, 2.45) is 0 Å². The maximum atomic E-state index is 12.3. The van der Waals surface area contributed by atoms with Crippen LogP contribution in [0.15, 0.2) is 34.9 Å². The van der Waals surface area contributed by atoms with Gasteiger partial charge in [-0.1, -0.05) is 41.4 Å². The van der Waals surface area contributed by atoms with Gasteiger partial charge in [-0.15, -0.1) is 11.3 Å². The Bertz CT molecular complexity index is 687. The first-order chi connectivity index (χ1) is 11.7. The van der Waals surface area contributed by atoms with E-state index < -0.39 is 0 Å². The SMILES string of the molecule is CCCCOC(=O)N1CCCC1c1ncc(-c2ccc(Br)cc2)s1. The summed E-state index contributed by atoms with van der Waals surface area (Å²) in [5.74, 6) is 0. The Morgan fingerprint density at radius 2 is 2.21 bits per heavy atom. The quantitative estimate of drug-likeness (QED) is 0.600. The van der Waals surface area contributed by atoms with E-state index in [0.29, 0.717) is 6.61 Å². The van der Waals surface area contributed by atoms with Gasteiger partial charge in [-0.05, 0) is 37.0 Å². The molecule has 0 spiro atoms. The molecule has 1 unspecified atom stereocenters. The van der Waals surface area contributed by atoms with E-state index in [1.807, 2.05) is 23.2 Å². The second-order valence-electron chi connectivity index (χ2n) is 5.89. The molecule has 0 aliphatic carbocycles. The number of hydrogen-bond donors (Lipinski definition) is 0. The molecule has 1 atom stereocenters. The molecule has 2 aromatic rings. The summed E-state index contributed by atoms with van der Waals surface area (Å²) in [6.07, 6.45) is 5.60. The lowest BCUT2D eigenvalue weighted by Crippen LogP contribution is -2.31. The van der Waals surface area contributed by atoms with Crippen molar-refractivity contribution >= 4 is 33.4 Å². The molecule has 1 aromatic heterocycles. The first-order valence-corrected chi connectivity index (χ1v) is 9.95. The minimum absolute atomic E-state index is 0.0494. The number of halogens is 1. The lowest BCUT2D eigenvalue weighted by atomic mass is 10.2. The zero-order chi connectivity index (χ0) is 16.9. The standard InChI is InChI=1S/C18H21BrN2O2S/c1-2-3-11-23-18(22)21-10-4-5-15(21)17-20-12-16(24-17)13-6-8-14(19)9-7-13/h6-9,12,15H,2-5,10-11H2,1H3. The number of nitrogens with zero attached hydrogens (tertiary/aromatic N) is 2. The van der Waals surface area contributed by atoms with Crippen molar-refractivity contribution in [1.82, 2.24) is 9.88 Å². The molecule has 0 N–H and O–H groups in total. The molecule has 1 fully saturated rings. The molecule has 1 aromatic carbocycles. The lowest BCUT2D eigenvalue weighted by molar-refractivity contribution is 0.0968. The number of rotatable bonds is 5. The van der Waals surface area contributed by atoms with Gasteiger partial charge in [0.25, 0.3) is 0 Å². The summed E-state index contributed by atoms with van der Waals surface area (Å²) in [5.41, 5.74) is 1.15. The van der Waals surface area contributed by atoms with Crippen molar-refractivity contribution in [2.45, 2.75) is 38.6 Å². The molecule has 4 nitrogen and oxygen atoms in total. The second kappa shape index (κ2) is 8.12. The molecule has 2 heterocycles. The van der Waals surface area contributed by atoms with Crippen molar-refractivity contribution < 1.29 is 9.53 Å². The van der Waals surface area contributed by atoms with E-state index in [4.69, 9.17) is 4.74 Å². The van der Waals surface area contributed by atoms with Gasteiger partial charge < -0.3 is 4.74 Å². The van der Waals surface area contributed by atoms with Crippen molar-refractivity contribution in [3.8, 4) is 10.4 Å². The van der Waals surface area contributed by atoms with Crippen LogP contribution in [0.5, 0.6) is 0 Å². The Hall–Kier alpha value is -1.40. The number of ether oxygens (including phenoxy) is 1. The van der Waals surface area contributed by atoms with Gasteiger partial charge in [0, 0.05) is 17.2 Å². The van der Waals surface area contributed by atoms with Gasteiger partial charge in [-0.2, -0.15) is 0 Å². The van der Waals surface area contributed by atoms with Crippen LogP contribution in [0.2, 0.25) is 0 Å². The summed E-state index contributed by atoms with van der Waals surface area (Å²) in [4.78, 5) is 19.8. The minimum atomic E-state index is -0.202. The summed E-state index contributed by atoms with van der Waals surface area (Å²) in [6, 6.07) is 8.26. The number of hydrogen-bond acceptors (Lipinski definition) is 4. The Labute approximate surface area is 155 Å². The summed E-state index contributed by atoms with van der Waals surface area (Å²) in [7, 11) is 0. The number of carbonyl (C=O) groups is 1. The van der Waals surface area contributed by atoms with Crippen LogP contribution in [0.1, 0.15) is 43.7 Å². The fraction of sp³-hybridized carbons (Fsp3) is 0.444. The molecule has 1 amide bonds. The average Bonchev–Trinajstić information content (AvgIpc) is 3.24. The average molecular weight is 409 g/mol. The predicted molar refractivity (Wildman–Crippen MR) is 100 cm³/mol. The molecule has 0 radical (unpaired) electrons. The highest BCUT2D eigenvalue weighted by Gasteiger charge is 2.33. The van der Waals surface area contributed by atoms with Crippen LogP contribution < -0.4 is 0 Å². The molecule has 1 aliphatic heterocycles. The maximum absolute atomic E-state index is 12.3. The van der Waals surface area contributed by atoms with Crippen LogP contribution in [-0.2, 0) is 4.74 Å². The molecule has 1 saturated heterocycles. The van der Waals surface area contributed by atoms with Gasteiger partial charge >= 0.3 is 6.09 Å². The van der Waals surface area contributed by atoms with E-state index in [2.05, 4.69) is 40.0 Å². The van der Waals surface area contributed by atoms with Crippen LogP contribution in [0.25, 0.3) is 10.4 Å². The Morgan fingerprint density at radius 1 is 1.42 bits per heavy atom. The normalized spacial score (nSPS) is 17.2. The predicted octanol–water partition coefficient (Wildman–Crippen LogP) is 5.65. The van der Waals surface area contributed by atoms with E-state index in [1.54, 1.807) is 11.3 Å². The minimum Gasteiger partial charge on any atom is -0.449 e. The number of unbranched alkanes of at least 4 members (excludes halogenated alkanes) is 1. The van der Waals surface area contributed by atoms with Crippen LogP contribution in [-0.4, -0.2) is 29.1 Å². The first kappa shape index (κ1) is 17.4. The second-order valence-corrected chi connectivity index (χ2v) is 7.87. The van der Waals surface area contributed by atoms with Crippen LogP contribution >= 0.6 is 27.3 Å². The monoisotopic (exact) mass is 408 g/mol. The number of aromatic nitrogens is 1. The van der Waals surface area contributed by atoms with Gasteiger partial charge in [0.15, 0.2) is 0 Å². The largest absolute Gasteiger partial charge is 0.449 e. The van der Waals surface area contributed by atoms with Crippen LogP contribution in [0.4, 0.5) is 4.79 Å². The third kappa shape index (κ3) is 3.98. The molecule has 0 bridgehead atoms. The summed E-state index contributed by atoms with van der Waals surface area (Å²) >= 11 is 5.12. The van der Waals surface area contributed by atoms with Crippen molar-refractivity contribution in [2.75, 3.05) is 13.2 Å². The third-order valence-corrected chi connectivity index (χ3v) is 5.82. The van der Waals surface area contributed by atoms with Gasteiger partial charge in [0.05, 0.1) is 17.5 Å². The van der Waals surface area contributed by atoms with Crippen LogP contribution in [0, 0.1) is 0 Å². The third-order valence-electron chi connectivity index (χ3n) is 4.15. The zero-order valence-corrected chi connectivity index (χ0v) is 16.1. The van der Waals surface area contributed by atoms with Gasteiger partial charge in [0.1, 0.15) is 5.01 Å². The van der Waals surface area contributed by atoms with Crippen LogP contribution in [0.3, 0.4) is 0 Å². The van der Waals surface area contributed by atoms with E-state index in [9.17, 15) is 4.79 Å². The lowest BCUT2D eigenvalue weighted by Gasteiger charge is -2.22. The number of carbonyl (C=O) groups excluding carboxylic acids is 1. The molecule has 24 heavy (non-hydrogen) atoms. The smallest absolute Gasteiger partial charge is 0.410 e. The molecular formula is C18H21BrN2O2S. The zero-order valence-electron chi connectivity index (χ0n) is 13.7. The van der Waals surface area contributed by atoms with Gasteiger partial charge in [-0.25, -0.2) is 9.78 Å². The first-order valence-electron chi connectivity index (χ1n) is 8.34. The summed E-state index contributed by atoms with van der Waals surface area (Å²) < 4.78 is 6.44. The van der Waals surface area contributed by atoms with Gasteiger partial charge in [0.2, 0.25) is 0 Å². The Balaban J connectivity index is 1.71. The highest BCUT2D eigenvalue weighted by atomic mass is 79.9. The molecule has 0 saturated carbocycles. The van der Waals surface area contributed by atoms with Crippen molar-refractivity contribution in [1.29, 1.82) is 0 Å². The van der Waals surface area contributed by atoms with E-state index in [0.717, 1.165) is 52.1 Å². The number of benzene rings is 1. The fourth-order valence-electron chi connectivity index (χ4n) is 2.82. The highest BCUT2D eigenvalue weighted by molar-refractivity contribution is 9.10. The Morgan fingerprint density at radius 3 is 2.96 bits per heavy atom. The Kier molecular flexibility index (Phi) is 5.89. The molecule has 6 heteroatoms. The number of thiazole rings is 1. The number of likely N-dealkylation sites (tertiary alicyclic amines) is 1. The van der Waals surface area contributed by atoms with Crippen molar-refractivity contribution in [3.63, 3.8) is 0 Å². The topological polar surface area (TPSA) is 42.4 Å². The molecule has 1 aliphatic rings. The van der Waals surface area contributed by atoms with E-state index in [1.165, 1.54) is 0 Å². The summed E-state index contributed by atoms with van der Waals surface area (Å²) in [6.45, 7) is 3.34. The molecule has 3 rings (SSSR count). The fourth-order valence-corrected chi connectivity index (χ4v) is 4.15.